The molecule has 1 atom stereocenters. The Labute approximate surface area is 169 Å². The molecule has 1 unspecified atom stereocenters. The van der Waals surface area contributed by atoms with E-state index >= 15 is 0 Å². The molecular weight excluding hydrogens is 356 g/mol. The summed E-state index contributed by atoms with van der Waals surface area (Å²) >= 11 is 0. The summed E-state index contributed by atoms with van der Waals surface area (Å²) in [6.07, 6.45) is 4.79. The molecule has 0 bridgehead atoms. The van der Waals surface area contributed by atoms with Gasteiger partial charge in [0.05, 0.1) is 18.8 Å². The number of carboxylic acids is 1. The van der Waals surface area contributed by atoms with E-state index in [1.54, 1.807) is 6.07 Å². The highest BCUT2D eigenvalue weighted by molar-refractivity contribution is 5.89. The van der Waals surface area contributed by atoms with Crippen LogP contribution in [0.5, 0.6) is 0 Å². The van der Waals surface area contributed by atoms with Crippen molar-refractivity contribution in [1.82, 2.24) is 0 Å². The van der Waals surface area contributed by atoms with Gasteiger partial charge in [-0.05, 0) is 67.2 Å². The number of benzene rings is 1. The third kappa shape index (κ3) is 7.91. The number of carboxylic acid groups (broad SMARTS) is 1. The molecule has 0 aliphatic heterocycles. The Morgan fingerprint density at radius 2 is 1.71 bits per heavy atom. The Hall–Kier alpha value is -2.04. The first-order valence-corrected chi connectivity index (χ1v) is 10.4. The maximum absolute atomic E-state index is 11.8. The van der Waals surface area contributed by atoms with Gasteiger partial charge < -0.3 is 14.6 Å². The SMILES string of the molecule is CCCCOC(=O)OCC(Cc1cc(CCCC)c(C)cc1C(=O)O)C(C)C. The first-order valence-electron chi connectivity index (χ1n) is 10.4. The molecule has 0 heterocycles. The Morgan fingerprint density at radius 1 is 1.04 bits per heavy atom. The van der Waals surface area contributed by atoms with Crippen molar-refractivity contribution in [2.75, 3.05) is 13.2 Å². The number of unbranched alkanes of at least 4 members (excludes halogenated alkanes) is 2. The Morgan fingerprint density at radius 3 is 2.29 bits per heavy atom. The highest BCUT2D eigenvalue weighted by atomic mass is 16.7. The Balaban J connectivity index is 2.92. The van der Waals surface area contributed by atoms with Crippen molar-refractivity contribution in [2.45, 2.75) is 73.1 Å². The summed E-state index contributed by atoms with van der Waals surface area (Å²) in [5.41, 5.74) is 3.37. The molecule has 0 radical (unpaired) electrons. The maximum atomic E-state index is 11.8. The van der Waals surface area contributed by atoms with Gasteiger partial charge in [0.25, 0.3) is 0 Å². The first-order chi connectivity index (χ1) is 13.3. The van der Waals surface area contributed by atoms with E-state index in [0.29, 0.717) is 18.6 Å². The van der Waals surface area contributed by atoms with Gasteiger partial charge in [0, 0.05) is 0 Å². The van der Waals surface area contributed by atoms with Gasteiger partial charge in [0.1, 0.15) is 0 Å². The number of carbonyl (C=O) groups excluding carboxylic acids is 1. The summed E-state index contributed by atoms with van der Waals surface area (Å²) in [7, 11) is 0. The van der Waals surface area contributed by atoms with Crippen LogP contribution in [0.1, 0.15) is 80.4 Å². The average molecular weight is 393 g/mol. The van der Waals surface area contributed by atoms with Crippen molar-refractivity contribution < 1.29 is 24.2 Å². The van der Waals surface area contributed by atoms with Gasteiger partial charge in [-0.25, -0.2) is 9.59 Å². The summed E-state index contributed by atoms with van der Waals surface area (Å²) in [5, 5.41) is 9.64. The van der Waals surface area contributed by atoms with Crippen LogP contribution in [0.2, 0.25) is 0 Å². The van der Waals surface area contributed by atoms with Crippen LogP contribution in [0.4, 0.5) is 4.79 Å². The predicted molar refractivity (Wildman–Crippen MR) is 111 cm³/mol. The van der Waals surface area contributed by atoms with Crippen LogP contribution in [0.25, 0.3) is 0 Å². The fraction of sp³-hybridized carbons (Fsp3) is 0.652. The van der Waals surface area contributed by atoms with Crippen LogP contribution in [-0.4, -0.2) is 30.4 Å². The number of aromatic carboxylic acids is 1. The normalized spacial score (nSPS) is 12.1. The second-order valence-electron chi connectivity index (χ2n) is 7.82. The molecule has 0 fully saturated rings. The molecule has 0 amide bonds. The molecule has 0 saturated heterocycles. The van der Waals surface area contributed by atoms with E-state index in [1.807, 2.05) is 19.9 Å². The molecule has 0 aromatic heterocycles. The predicted octanol–water partition coefficient (Wildman–Crippen LogP) is 5.80. The second-order valence-corrected chi connectivity index (χ2v) is 7.82. The van der Waals surface area contributed by atoms with Gasteiger partial charge in [-0.3, -0.25) is 0 Å². The molecule has 1 aromatic rings. The average Bonchev–Trinajstić information content (AvgIpc) is 2.64. The summed E-state index contributed by atoms with van der Waals surface area (Å²) in [4.78, 5) is 23.5. The fourth-order valence-electron chi connectivity index (χ4n) is 3.09. The quantitative estimate of drug-likeness (QED) is 0.359. The van der Waals surface area contributed by atoms with E-state index in [4.69, 9.17) is 9.47 Å². The van der Waals surface area contributed by atoms with Gasteiger partial charge in [0.15, 0.2) is 0 Å². The first kappa shape index (κ1) is 24.0. The van der Waals surface area contributed by atoms with Crippen molar-refractivity contribution in [1.29, 1.82) is 0 Å². The zero-order valence-corrected chi connectivity index (χ0v) is 18.0. The largest absolute Gasteiger partial charge is 0.508 e. The lowest BCUT2D eigenvalue weighted by Crippen LogP contribution is -2.23. The lowest BCUT2D eigenvalue weighted by Gasteiger charge is -2.22. The third-order valence-corrected chi connectivity index (χ3v) is 5.15. The van der Waals surface area contributed by atoms with E-state index in [2.05, 4.69) is 20.8 Å². The summed E-state index contributed by atoms with van der Waals surface area (Å²) in [5.74, 6) is -0.647. The van der Waals surface area contributed by atoms with E-state index in [1.165, 1.54) is 5.56 Å². The number of rotatable bonds is 12. The van der Waals surface area contributed by atoms with Gasteiger partial charge in [-0.15, -0.1) is 0 Å². The van der Waals surface area contributed by atoms with Crippen molar-refractivity contribution in [3.05, 3.63) is 34.4 Å². The lowest BCUT2D eigenvalue weighted by atomic mass is 9.86. The van der Waals surface area contributed by atoms with Crippen LogP contribution in [0, 0.1) is 18.8 Å². The van der Waals surface area contributed by atoms with Crippen LogP contribution in [-0.2, 0) is 22.3 Å². The molecule has 28 heavy (non-hydrogen) atoms. The number of carbonyl (C=O) groups is 2. The third-order valence-electron chi connectivity index (χ3n) is 5.15. The van der Waals surface area contributed by atoms with Crippen molar-refractivity contribution in [2.24, 2.45) is 11.8 Å². The molecular formula is C23H36O5. The van der Waals surface area contributed by atoms with E-state index in [0.717, 1.165) is 43.2 Å². The molecule has 5 nitrogen and oxygen atoms in total. The van der Waals surface area contributed by atoms with E-state index in [9.17, 15) is 14.7 Å². The summed E-state index contributed by atoms with van der Waals surface area (Å²) in [6.45, 7) is 10.8. The zero-order valence-electron chi connectivity index (χ0n) is 18.0. The van der Waals surface area contributed by atoms with Crippen molar-refractivity contribution >= 4 is 12.1 Å². The van der Waals surface area contributed by atoms with Gasteiger partial charge in [-0.1, -0.05) is 46.6 Å². The number of aryl methyl sites for hydroxylation is 2. The molecule has 0 saturated carbocycles. The molecule has 1 N–H and O–H groups in total. The van der Waals surface area contributed by atoms with Crippen LogP contribution >= 0.6 is 0 Å². The monoisotopic (exact) mass is 392 g/mol. The van der Waals surface area contributed by atoms with Crippen molar-refractivity contribution in [3.63, 3.8) is 0 Å². The van der Waals surface area contributed by atoms with Crippen LogP contribution in [0.3, 0.4) is 0 Å². The molecule has 5 heteroatoms. The molecule has 1 rings (SSSR count). The highest BCUT2D eigenvalue weighted by Gasteiger charge is 2.21. The second kappa shape index (κ2) is 12.4. The minimum absolute atomic E-state index is 0.0264. The maximum Gasteiger partial charge on any atom is 0.508 e. The minimum atomic E-state index is -0.914. The topological polar surface area (TPSA) is 72.8 Å². The van der Waals surface area contributed by atoms with Gasteiger partial charge in [0.2, 0.25) is 0 Å². The van der Waals surface area contributed by atoms with Crippen molar-refractivity contribution in [3.8, 4) is 0 Å². The lowest BCUT2D eigenvalue weighted by molar-refractivity contribution is 0.0379. The number of hydrogen-bond acceptors (Lipinski definition) is 4. The fourth-order valence-corrected chi connectivity index (χ4v) is 3.09. The zero-order chi connectivity index (χ0) is 21.1. The molecule has 0 aliphatic rings. The highest BCUT2D eigenvalue weighted by Crippen LogP contribution is 2.25. The molecule has 1 aromatic carbocycles. The molecule has 0 spiro atoms. The Kier molecular flexibility index (Phi) is 10.6. The molecule has 158 valence electrons. The van der Waals surface area contributed by atoms with E-state index < -0.39 is 12.1 Å². The number of ether oxygens (including phenoxy) is 2. The van der Waals surface area contributed by atoms with Crippen LogP contribution in [0.15, 0.2) is 12.1 Å². The van der Waals surface area contributed by atoms with Crippen LogP contribution < -0.4 is 0 Å². The van der Waals surface area contributed by atoms with Gasteiger partial charge >= 0.3 is 12.1 Å². The van der Waals surface area contributed by atoms with E-state index in [-0.39, 0.29) is 18.4 Å². The summed E-state index contributed by atoms with van der Waals surface area (Å²) in [6, 6.07) is 3.81. The minimum Gasteiger partial charge on any atom is -0.478 e. The Bertz CT molecular complexity index is 636. The van der Waals surface area contributed by atoms with Gasteiger partial charge in [-0.2, -0.15) is 0 Å². The summed E-state index contributed by atoms with van der Waals surface area (Å²) < 4.78 is 10.3. The number of hydrogen-bond donors (Lipinski definition) is 1. The molecule has 0 aliphatic carbocycles. The standard InChI is InChI=1S/C23H36O5/c1-6-8-10-18-13-19(21(22(24)25)12-17(18)5)14-20(16(3)4)15-28-23(26)27-11-9-7-2/h12-13,16,20H,6-11,14-15H2,1-5H3,(H,24,25). The smallest absolute Gasteiger partial charge is 0.478 e.